The highest BCUT2D eigenvalue weighted by Gasteiger charge is 2.33. The molecule has 5 nitrogen and oxygen atoms in total. The van der Waals surface area contributed by atoms with E-state index in [1.54, 1.807) is 28.2 Å². The predicted molar refractivity (Wildman–Crippen MR) is 103 cm³/mol. The SMILES string of the molecule is Cn1cc(CNc2ccc(-c3cc(C(F)(F)F)[nH]n3)cc2)c(-c2cccs2)n1. The minimum absolute atomic E-state index is 0.256. The van der Waals surface area contributed by atoms with Crippen molar-refractivity contribution in [1.82, 2.24) is 20.0 Å². The summed E-state index contributed by atoms with van der Waals surface area (Å²) in [6.07, 6.45) is -2.46. The third-order valence-corrected chi connectivity index (χ3v) is 5.08. The molecule has 144 valence electrons. The number of nitrogens with one attached hydrogen (secondary N) is 2. The van der Waals surface area contributed by atoms with Gasteiger partial charge in [-0.1, -0.05) is 18.2 Å². The normalized spacial score (nSPS) is 11.7. The van der Waals surface area contributed by atoms with E-state index in [2.05, 4.69) is 15.5 Å². The molecule has 9 heteroatoms. The van der Waals surface area contributed by atoms with Crippen LogP contribution in [0.1, 0.15) is 11.3 Å². The first-order valence-corrected chi connectivity index (χ1v) is 9.31. The number of H-pyrrole nitrogens is 1. The van der Waals surface area contributed by atoms with Gasteiger partial charge in [-0.15, -0.1) is 11.3 Å². The van der Waals surface area contributed by atoms with Crippen LogP contribution in [-0.4, -0.2) is 20.0 Å². The molecule has 0 saturated heterocycles. The number of thiophene rings is 1. The second-order valence-electron chi connectivity index (χ2n) is 6.25. The van der Waals surface area contributed by atoms with Crippen LogP contribution < -0.4 is 5.32 Å². The molecule has 0 saturated carbocycles. The molecule has 3 aromatic heterocycles. The van der Waals surface area contributed by atoms with Gasteiger partial charge in [0.2, 0.25) is 0 Å². The van der Waals surface area contributed by atoms with Crippen molar-refractivity contribution >= 4 is 17.0 Å². The summed E-state index contributed by atoms with van der Waals surface area (Å²) < 4.78 is 39.9. The van der Waals surface area contributed by atoms with Crippen molar-refractivity contribution < 1.29 is 13.2 Å². The van der Waals surface area contributed by atoms with Gasteiger partial charge in [-0.3, -0.25) is 9.78 Å². The summed E-state index contributed by atoms with van der Waals surface area (Å²) >= 11 is 1.63. The molecule has 0 aliphatic heterocycles. The fourth-order valence-corrected chi connectivity index (χ4v) is 3.60. The maximum atomic E-state index is 12.7. The zero-order valence-corrected chi connectivity index (χ0v) is 15.6. The van der Waals surface area contributed by atoms with Gasteiger partial charge in [-0.05, 0) is 29.6 Å². The molecule has 28 heavy (non-hydrogen) atoms. The van der Waals surface area contributed by atoms with Gasteiger partial charge in [-0.2, -0.15) is 23.4 Å². The smallest absolute Gasteiger partial charge is 0.381 e. The molecule has 4 rings (SSSR count). The maximum absolute atomic E-state index is 12.7. The Morgan fingerprint density at radius 2 is 1.96 bits per heavy atom. The van der Waals surface area contributed by atoms with Crippen LogP contribution in [0.4, 0.5) is 18.9 Å². The largest absolute Gasteiger partial charge is 0.432 e. The number of hydrogen-bond donors (Lipinski definition) is 2. The zero-order valence-electron chi connectivity index (χ0n) is 14.8. The van der Waals surface area contributed by atoms with Crippen molar-refractivity contribution in [2.45, 2.75) is 12.7 Å². The van der Waals surface area contributed by atoms with E-state index < -0.39 is 11.9 Å². The lowest BCUT2D eigenvalue weighted by Gasteiger charge is -2.07. The number of aromatic amines is 1. The number of aromatic nitrogens is 4. The molecule has 4 aromatic rings. The number of benzene rings is 1. The average molecular weight is 403 g/mol. The molecule has 0 aliphatic carbocycles. The third kappa shape index (κ3) is 3.79. The number of anilines is 1. The van der Waals surface area contributed by atoms with E-state index in [1.165, 1.54) is 0 Å². The Hall–Kier alpha value is -3.07. The fraction of sp³-hybridized carbons (Fsp3) is 0.158. The summed E-state index contributed by atoms with van der Waals surface area (Å²) in [5.41, 5.74) is 2.87. The standard InChI is InChI=1S/C19H16F3N5S/c1-27-11-13(18(26-27)16-3-2-8-28-16)10-23-14-6-4-12(5-7-14)15-9-17(25-24-15)19(20,21)22/h2-9,11,23H,10H2,1H3,(H,24,25). The summed E-state index contributed by atoms with van der Waals surface area (Å²) in [6, 6.07) is 12.1. The topological polar surface area (TPSA) is 58.5 Å². The highest BCUT2D eigenvalue weighted by atomic mass is 32.1. The monoisotopic (exact) mass is 403 g/mol. The van der Waals surface area contributed by atoms with Crippen molar-refractivity contribution in [3.63, 3.8) is 0 Å². The van der Waals surface area contributed by atoms with Gasteiger partial charge in [0.15, 0.2) is 0 Å². The quantitative estimate of drug-likeness (QED) is 0.483. The van der Waals surface area contributed by atoms with E-state index >= 15 is 0 Å². The minimum Gasteiger partial charge on any atom is -0.381 e. The average Bonchev–Trinajstić information content (AvgIpc) is 3.40. The van der Waals surface area contributed by atoms with Crippen LogP contribution in [-0.2, 0) is 19.8 Å². The van der Waals surface area contributed by atoms with Crippen molar-refractivity contribution in [3.8, 4) is 21.8 Å². The third-order valence-electron chi connectivity index (χ3n) is 4.21. The molecule has 0 unspecified atom stereocenters. The van der Waals surface area contributed by atoms with Gasteiger partial charge in [0, 0.05) is 36.6 Å². The highest BCUT2D eigenvalue weighted by molar-refractivity contribution is 7.13. The molecule has 2 N–H and O–H groups in total. The Labute approximate surface area is 162 Å². The number of alkyl halides is 3. The van der Waals surface area contributed by atoms with E-state index in [4.69, 9.17) is 0 Å². The van der Waals surface area contributed by atoms with E-state index in [1.807, 2.05) is 48.0 Å². The second-order valence-corrected chi connectivity index (χ2v) is 7.20. The van der Waals surface area contributed by atoms with Crippen molar-refractivity contribution in [2.75, 3.05) is 5.32 Å². The molecule has 0 spiro atoms. The lowest BCUT2D eigenvalue weighted by atomic mass is 10.1. The lowest BCUT2D eigenvalue weighted by Crippen LogP contribution is -2.04. The van der Waals surface area contributed by atoms with Crippen molar-refractivity contribution in [2.24, 2.45) is 7.05 Å². The zero-order chi connectivity index (χ0) is 19.7. The van der Waals surface area contributed by atoms with Crippen LogP contribution in [0.25, 0.3) is 21.8 Å². The Morgan fingerprint density at radius 3 is 2.61 bits per heavy atom. The minimum atomic E-state index is -4.43. The number of nitrogens with zero attached hydrogens (tertiary/aromatic N) is 3. The van der Waals surface area contributed by atoms with Crippen LogP contribution in [0.2, 0.25) is 0 Å². The molecule has 0 fully saturated rings. The molecule has 0 aliphatic rings. The van der Waals surface area contributed by atoms with Gasteiger partial charge in [-0.25, -0.2) is 0 Å². The number of hydrogen-bond acceptors (Lipinski definition) is 4. The van der Waals surface area contributed by atoms with Gasteiger partial charge in [0.25, 0.3) is 0 Å². The Bertz CT molecular complexity index is 1060. The lowest BCUT2D eigenvalue weighted by molar-refractivity contribution is -0.141. The van der Waals surface area contributed by atoms with Gasteiger partial charge < -0.3 is 5.32 Å². The van der Waals surface area contributed by atoms with Gasteiger partial charge >= 0.3 is 6.18 Å². The summed E-state index contributed by atoms with van der Waals surface area (Å²) in [4.78, 5) is 1.10. The summed E-state index contributed by atoms with van der Waals surface area (Å²) in [7, 11) is 1.88. The fourth-order valence-electron chi connectivity index (χ4n) is 2.86. The number of aryl methyl sites for hydroxylation is 1. The molecule has 0 bridgehead atoms. The Kier molecular flexibility index (Phi) is 4.68. The molecule has 0 radical (unpaired) electrons. The summed E-state index contributed by atoms with van der Waals surface area (Å²) in [6.45, 7) is 0.584. The number of halogens is 3. The van der Waals surface area contributed by atoms with Crippen LogP contribution >= 0.6 is 11.3 Å². The van der Waals surface area contributed by atoms with Crippen LogP contribution in [0, 0.1) is 0 Å². The van der Waals surface area contributed by atoms with Crippen LogP contribution in [0.3, 0.4) is 0 Å². The first-order chi connectivity index (χ1) is 13.4. The Balaban J connectivity index is 1.47. The van der Waals surface area contributed by atoms with Crippen LogP contribution in [0.5, 0.6) is 0 Å². The number of rotatable bonds is 5. The maximum Gasteiger partial charge on any atom is 0.432 e. The summed E-state index contributed by atoms with van der Waals surface area (Å²) in [5, 5.41) is 15.6. The highest BCUT2D eigenvalue weighted by Crippen LogP contribution is 2.31. The van der Waals surface area contributed by atoms with Crippen molar-refractivity contribution in [3.05, 3.63) is 65.3 Å². The van der Waals surface area contributed by atoms with Crippen LogP contribution in [0.15, 0.2) is 54.0 Å². The van der Waals surface area contributed by atoms with E-state index in [0.717, 1.165) is 27.9 Å². The second kappa shape index (κ2) is 7.16. The molecular weight excluding hydrogens is 387 g/mol. The molecular formula is C19H16F3N5S. The first-order valence-electron chi connectivity index (χ1n) is 8.43. The van der Waals surface area contributed by atoms with Gasteiger partial charge in [0.1, 0.15) is 11.4 Å². The molecule has 0 atom stereocenters. The van der Waals surface area contributed by atoms with Gasteiger partial charge in [0.05, 0.1) is 10.6 Å². The summed E-state index contributed by atoms with van der Waals surface area (Å²) in [5.74, 6) is 0. The van der Waals surface area contributed by atoms with Crippen molar-refractivity contribution in [1.29, 1.82) is 0 Å². The Morgan fingerprint density at radius 1 is 1.18 bits per heavy atom. The first kappa shape index (κ1) is 18.3. The molecule has 1 aromatic carbocycles. The predicted octanol–water partition coefficient (Wildman–Crippen LogP) is 5.17. The van der Waals surface area contributed by atoms with E-state index in [9.17, 15) is 13.2 Å². The molecule has 3 heterocycles. The van der Waals surface area contributed by atoms with E-state index in [-0.39, 0.29) is 5.69 Å². The molecule has 0 amide bonds. The van der Waals surface area contributed by atoms with E-state index in [0.29, 0.717) is 12.1 Å².